The van der Waals surface area contributed by atoms with Crippen LogP contribution < -0.4 is 15.5 Å². The van der Waals surface area contributed by atoms with E-state index in [1.165, 1.54) is 30.4 Å². The molecule has 2 amide bonds. The van der Waals surface area contributed by atoms with Crippen LogP contribution >= 0.6 is 0 Å². The van der Waals surface area contributed by atoms with E-state index in [4.69, 9.17) is 4.98 Å². The Morgan fingerprint density at radius 1 is 1.18 bits per heavy atom. The first-order valence-electron chi connectivity index (χ1n) is 14.8. The Morgan fingerprint density at radius 3 is 2.52 bits per heavy atom. The summed E-state index contributed by atoms with van der Waals surface area (Å²) in [6.07, 6.45) is 8.67. The molecule has 3 fully saturated rings. The third-order valence-corrected chi connectivity index (χ3v) is 8.88. The van der Waals surface area contributed by atoms with Crippen LogP contribution in [0.15, 0.2) is 42.6 Å². The maximum atomic E-state index is 12.5. The predicted molar refractivity (Wildman–Crippen MR) is 156 cm³/mol. The fourth-order valence-corrected chi connectivity index (χ4v) is 6.19. The number of hydrogen-bond acceptors (Lipinski definition) is 7. The van der Waals surface area contributed by atoms with Gasteiger partial charge in [-0.15, -0.1) is 0 Å². The van der Waals surface area contributed by atoms with Gasteiger partial charge >= 0.3 is 6.03 Å². The summed E-state index contributed by atoms with van der Waals surface area (Å²) >= 11 is 0. The number of amides is 2. The third kappa shape index (κ3) is 5.63. The third-order valence-electron chi connectivity index (χ3n) is 8.88. The van der Waals surface area contributed by atoms with Gasteiger partial charge in [0.25, 0.3) is 0 Å². The number of aldehydes is 1. The van der Waals surface area contributed by atoms with Crippen molar-refractivity contribution >= 4 is 24.1 Å². The normalized spacial score (nSPS) is 21.5. The van der Waals surface area contributed by atoms with E-state index in [0.29, 0.717) is 36.5 Å². The first-order valence-corrected chi connectivity index (χ1v) is 14.8. The number of nitrogens with one attached hydrogen (secondary N) is 2. The lowest BCUT2D eigenvalue weighted by molar-refractivity contribution is -0.105. The van der Waals surface area contributed by atoms with Crippen molar-refractivity contribution in [2.45, 2.75) is 70.1 Å². The zero-order valence-corrected chi connectivity index (χ0v) is 23.7. The molecule has 2 saturated carbocycles. The van der Waals surface area contributed by atoms with Gasteiger partial charge in [-0.25, -0.2) is 9.78 Å². The number of benzene rings is 1. The van der Waals surface area contributed by atoms with Gasteiger partial charge in [0, 0.05) is 63.1 Å². The largest absolute Gasteiger partial charge is 0.345 e. The molecule has 1 atom stereocenters. The Morgan fingerprint density at radius 2 is 1.90 bits per heavy atom. The van der Waals surface area contributed by atoms with Gasteiger partial charge in [0.05, 0.1) is 5.54 Å². The quantitative estimate of drug-likeness (QED) is 0.324. The summed E-state index contributed by atoms with van der Waals surface area (Å²) in [4.78, 5) is 39.6. The summed E-state index contributed by atoms with van der Waals surface area (Å²) in [7, 11) is 0. The summed E-state index contributed by atoms with van der Waals surface area (Å²) in [5, 5.41) is 6.53. The lowest BCUT2D eigenvalue weighted by Gasteiger charge is -2.40. The molecular weight excluding hydrogens is 502 g/mol. The highest BCUT2D eigenvalue weighted by atomic mass is 16.2. The Bertz CT molecular complexity index is 1260. The van der Waals surface area contributed by atoms with E-state index in [1.54, 1.807) is 4.90 Å². The minimum Gasteiger partial charge on any atom is -0.345 e. The van der Waals surface area contributed by atoms with E-state index in [1.807, 2.05) is 20.0 Å². The monoisotopic (exact) mass is 543 g/mol. The molecule has 0 spiro atoms. The molecule has 0 radical (unpaired) electrons. The topological polar surface area (TPSA) is 93.7 Å². The number of anilines is 2. The molecule has 6 rings (SSSR count). The van der Waals surface area contributed by atoms with Crippen molar-refractivity contribution in [1.29, 1.82) is 0 Å². The van der Waals surface area contributed by atoms with Crippen LogP contribution in [0.4, 0.5) is 16.6 Å². The number of carbonyl (C=O) groups excluding carboxylic acids is 2. The molecule has 9 heteroatoms. The van der Waals surface area contributed by atoms with Crippen molar-refractivity contribution in [3.63, 3.8) is 0 Å². The smallest absolute Gasteiger partial charge is 0.323 e. The lowest BCUT2D eigenvalue weighted by atomic mass is 9.95. The van der Waals surface area contributed by atoms with Gasteiger partial charge in [-0.3, -0.25) is 19.5 Å². The fraction of sp³-hybridized carbons (Fsp3) is 0.548. The van der Waals surface area contributed by atoms with Crippen LogP contribution in [0.2, 0.25) is 0 Å². The second-order valence-electron chi connectivity index (χ2n) is 12.3. The minimum absolute atomic E-state index is 0.00611. The molecule has 3 heterocycles. The van der Waals surface area contributed by atoms with Gasteiger partial charge in [0.2, 0.25) is 5.95 Å². The van der Waals surface area contributed by atoms with E-state index in [0.717, 1.165) is 56.8 Å². The average molecular weight is 544 g/mol. The van der Waals surface area contributed by atoms with E-state index >= 15 is 0 Å². The van der Waals surface area contributed by atoms with E-state index in [-0.39, 0.29) is 17.6 Å². The van der Waals surface area contributed by atoms with Crippen molar-refractivity contribution in [3.8, 4) is 0 Å². The first-order chi connectivity index (χ1) is 19.3. The lowest BCUT2D eigenvalue weighted by Crippen LogP contribution is -2.48. The molecular formula is C31H41N7O2. The number of piperazine rings is 1. The first kappa shape index (κ1) is 26.9. The standard InChI is InChI=1S/C31H41N7O2/c1-21(2)38-28-25(18-33-30(38)40)17-32-29(34-28)35-31(10-11-31)26-8-6-24(7-9-26)27(16-23-4-5-23)37-14-12-36(13-15-37)19-22(3)20-39/h6-9,17,20-21,23,27H,3-5,10-16,18-19H2,1-2H3,(H,33,40)(H,32,34,35). The predicted octanol–water partition coefficient (Wildman–Crippen LogP) is 4.23. The summed E-state index contributed by atoms with van der Waals surface area (Å²) < 4.78 is 0. The maximum Gasteiger partial charge on any atom is 0.323 e. The van der Waals surface area contributed by atoms with E-state index in [2.05, 4.69) is 56.3 Å². The highest BCUT2D eigenvalue weighted by molar-refractivity contribution is 5.94. The molecule has 1 aromatic carbocycles. The molecule has 1 unspecified atom stereocenters. The van der Waals surface area contributed by atoms with Gasteiger partial charge in [0.15, 0.2) is 0 Å². The SMILES string of the molecule is C=C(C=O)CN1CCN(C(CC2CC2)c2ccc(C3(Nc4ncc5c(n4)N(C(C)C)C(=O)NC5)CC3)cc2)CC1. The Labute approximate surface area is 237 Å². The van der Waals surface area contributed by atoms with Gasteiger partial charge in [-0.2, -0.15) is 4.98 Å². The molecule has 1 aromatic heterocycles. The molecule has 0 bridgehead atoms. The van der Waals surface area contributed by atoms with Gasteiger partial charge in [-0.05, 0) is 55.7 Å². The molecule has 2 aliphatic heterocycles. The zero-order chi connectivity index (χ0) is 27.9. The summed E-state index contributed by atoms with van der Waals surface area (Å²) in [5.74, 6) is 2.10. The fourth-order valence-electron chi connectivity index (χ4n) is 6.19. The Balaban J connectivity index is 1.16. The van der Waals surface area contributed by atoms with Crippen LogP contribution in [0, 0.1) is 5.92 Å². The summed E-state index contributed by atoms with van der Waals surface area (Å²) in [5.41, 5.74) is 4.08. The average Bonchev–Trinajstić information content (AvgIpc) is 3.89. The van der Waals surface area contributed by atoms with Crippen LogP contribution in [0.3, 0.4) is 0 Å². The Kier molecular flexibility index (Phi) is 7.35. The molecule has 40 heavy (non-hydrogen) atoms. The molecule has 2 aromatic rings. The number of hydrogen-bond donors (Lipinski definition) is 2. The second kappa shape index (κ2) is 10.9. The van der Waals surface area contributed by atoms with Gasteiger partial charge in [-0.1, -0.05) is 43.7 Å². The molecule has 212 valence electrons. The van der Waals surface area contributed by atoms with Crippen molar-refractivity contribution in [3.05, 3.63) is 59.3 Å². The highest BCUT2D eigenvalue weighted by Gasteiger charge is 2.45. The molecule has 2 aliphatic carbocycles. The van der Waals surface area contributed by atoms with Crippen LogP contribution in [-0.4, -0.2) is 70.9 Å². The van der Waals surface area contributed by atoms with Crippen LogP contribution in [-0.2, 0) is 16.9 Å². The van der Waals surface area contributed by atoms with Gasteiger partial charge < -0.3 is 10.6 Å². The van der Waals surface area contributed by atoms with Crippen molar-refractivity contribution < 1.29 is 9.59 Å². The molecule has 1 saturated heterocycles. The molecule has 2 N–H and O–H groups in total. The minimum atomic E-state index is -0.162. The number of urea groups is 1. The number of nitrogens with zero attached hydrogens (tertiary/aromatic N) is 5. The zero-order valence-electron chi connectivity index (χ0n) is 23.7. The van der Waals surface area contributed by atoms with Gasteiger partial charge in [0.1, 0.15) is 12.1 Å². The number of carbonyl (C=O) groups is 2. The van der Waals surface area contributed by atoms with Crippen LogP contribution in [0.5, 0.6) is 0 Å². The molecule has 9 nitrogen and oxygen atoms in total. The molecule has 4 aliphatic rings. The van der Waals surface area contributed by atoms with Crippen LogP contribution in [0.25, 0.3) is 0 Å². The number of fused-ring (bicyclic) bond motifs is 1. The number of aromatic nitrogens is 2. The van der Waals surface area contributed by atoms with Crippen molar-refractivity contribution in [2.75, 3.05) is 42.9 Å². The van der Waals surface area contributed by atoms with E-state index < -0.39 is 0 Å². The van der Waals surface area contributed by atoms with Crippen molar-refractivity contribution in [1.82, 2.24) is 25.1 Å². The number of rotatable bonds is 11. The second-order valence-corrected chi connectivity index (χ2v) is 12.3. The van der Waals surface area contributed by atoms with Crippen LogP contribution in [0.1, 0.15) is 68.7 Å². The Hall–Kier alpha value is -3.30. The summed E-state index contributed by atoms with van der Waals surface area (Å²) in [6, 6.07) is 9.53. The van der Waals surface area contributed by atoms with Crippen molar-refractivity contribution in [2.24, 2.45) is 5.92 Å². The maximum absolute atomic E-state index is 12.5. The highest BCUT2D eigenvalue weighted by Crippen LogP contribution is 2.48. The summed E-state index contributed by atoms with van der Waals surface area (Å²) in [6.45, 7) is 12.9. The van der Waals surface area contributed by atoms with E-state index in [9.17, 15) is 9.59 Å².